The maximum atomic E-state index is 9.08. The second kappa shape index (κ2) is 3.36. The van der Waals surface area contributed by atoms with Crippen molar-refractivity contribution >= 4 is 0 Å². The van der Waals surface area contributed by atoms with Crippen LogP contribution in [0.2, 0.25) is 0 Å². The third kappa shape index (κ3) is 1.66. The van der Waals surface area contributed by atoms with Crippen LogP contribution in [0.15, 0.2) is 18.2 Å². The van der Waals surface area contributed by atoms with Gasteiger partial charge in [0.2, 0.25) is 0 Å². The Hall–Kier alpha value is -1.06. The van der Waals surface area contributed by atoms with Gasteiger partial charge in [-0.1, -0.05) is 6.07 Å². The predicted octanol–water partition coefficient (Wildman–Crippen LogP) is 0.832. The fourth-order valence-corrected chi connectivity index (χ4v) is 1.43. The molecule has 0 amide bonds. The first kappa shape index (κ1) is 8.53. The van der Waals surface area contributed by atoms with E-state index >= 15 is 0 Å². The molecule has 1 aliphatic heterocycles. The summed E-state index contributed by atoms with van der Waals surface area (Å²) in [6, 6.07) is 6.41. The van der Waals surface area contributed by atoms with E-state index in [1.165, 1.54) is 5.56 Å². The lowest BCUT2D eigenvalue weighted by atomic mass is 10.1. The zero-order chi connectivity index (χ0) is 9.26. The van der Waals surface area contributed by atoms with E-state index in [1.807, 2.05) is 18.2 Å². The van der Waals surface area contributed by atoms with Crippen molar-refractivity contribution in [2.75, 3.05) is 13.7 Å². The number of rotatable bonds is 3. The molecule has 2 rings (SSSR count). The van der Waals surface area contributed by atoms with Crippen molar-refractivity contribution in [3.8, 4) is 5.75 Å². The zero-order valence-corrected chi connectivity index (χ0v) is 7.58. The van der Waals surface area contributed by atoms with E-state index in [-0.39, 0.29) is 6.61 Å². The van der Waals surface area contributed by atoms with Gasteiger partial charge in [0.25, 0.3) is 0 Å². The summed E-state index contributed by atoms with van der Waals surface area (Å²) >= 11 is 0. The van der Waals surface area contributed by atoms with Crippen LogP contribution >= 0.6 is 0 Å². The summed E-state index contributed by atoms with van der Waals surface area (Å²) in [6.45, 7) is 1.07. The number of ether oxygens (including phenoxy) is 1. The van der Waals surface area contributed by atoms with E-state index in [0.717, 1.165) is 17.9 Å². The summed E-state index contributed by atoms with van der Waals surface area (Å²) < 4.78 is 5.11. The minimum Gasteiger partial charge on any atom is -0.496 e. The maximum Gasteiger partial charge on any atom is 0.124 e. The second-order valence-corrected chi connectivity index (χ2v) is 3.19. The molecule has 0 saturated carbocycles. The quantitative estimate of drug-likeness (QED) is 0.676. The molecule has 0 unspecified atom stereocenters. The summed E-state index contributed by atoms with van der Waals surface area (Å²) in [4.78, 5) is 0. The molecular formula is C10H13NO2. The Kier molecular flexibility index (Phi) is 2.20. The summed E-state index contributed by atoms with van der Waals surface area (Å²) in [5.41, 5.74) is 2.08. The van der Waals surface area contributed by atoms with Gasteiger partial charge in [0.05, 0.1) is 13.7 Å². The molecule has 0 aromatic heterocycles. The lowest BCUT2D eigenvalue weighted by Crippen LogP contribution is -1.94. The summed E-state index contributed by atoms with van der Waals surface area (Å²) in [6.07, 6.45) is 0. The highest BCUT2D eigenvalue weighted by atomic mass is 16.5. The van der Waals surface area contributed by atoms with E-state index in [9.17, 15) is 0 Å². The molecule has 0 aliphatic carbocycles. The molecular weight excluding hydrogens is 166 g/mol. The molecule has 3 nitrogen and oxygen atoms in total. The first-order chi connectivity index (χ1) is 6.35. The van der Waals surface area contributed by atoms with Crippen LogP contribution in [0.1, 0.15) is 17.2 Å². The number of nitrogens with one attached hydrogen (secondary N) is 1. The van der Waals surface area contributed by atoms with Crippen LogP contribution in [0.5, 0.6) is 5.75 Å². The number of hydrogen-bond acceptors (Lipinski definition) is 3. The zero-order valence-electron chi connectivity index (χ0n) is 7.58. The topological polar surface area (TPSA) is 51.4 Å². The Bertz CT molecular complexity index is 308. The number of methoxy groups -OCH3 is 1. The molecule has 70 valence electrons. The second-order valence-electron chi connectivity index (χ2n) is 3.19. The molecule has 1 aromatic rings. The number of benzene rings is 1. The standard InChI is InChI=1S/C10H13NO2/c1-13-10-3-2-7(9-5-11-9)4-8(10)6-12/h2-4,9,11-12H,5-6H2,1H3/t9-/m1/s1. The largest absolute Gasteiger partial charge is 0.496 e. The molecule has 1 heterocycles. The monoisotopic (exact) mass is 179 g/mol. The average molecular weight is 179 g/mol. The van der Waals surface area contributed by atoms with Gasteiger partial charge in [0.15, 0.2) is 0 Å². The maximum absolute atomic E-state index is 9.08. The lowest BCUT2D eigenvalue weighted by Gasteiger charge is -2.07. The van der Waals surface area contributed by atoms with Crippen LogP contribution in [0.3, 0.4) is 0 Å². The third-order valence-electron chi connectivity index (χ3n) is 2.29. The van der Waals surface area contributed by atoms with Gasteiger partial charge in [-0.2, -0.15) is 0 Å². The minimum atomic E-state index is 0.0315. The predicted molar refractivity (Wildman–Crippen MR) is 49.7 cm³/mol. The van der Waals surface area contributed by atoms with E-state index in [0.29, 0.717) is 6.04 Å². The third-order valence-corrected chi connectivity index (χ3v) is 2.29. The molecule has 0 spiro atoms. The van der Waals surface area contributed by atoms with Crippen molar-refractivity contribution in [2.24, 2.45) is 0 Å². The molecule has 2 N–H and O–H groups in total. The van der Waals surface area contributed by atoms with Crippen molar-refractivity contribution < 1.29 is 9.84 Å². The summed E-state index contributed by atoms with van der Waals surface area (Å²) in [7, 11) is 1.61. The lowest BCUT2D eigenvalue weighted by molar-refractivity contribution is 0.273. The van der Waals surface area contributed by atoms with Gasteiger partial charge < -0.3 is 15.2 Å². The van der Waals surface area contributed by atoms with E-state index in [1.54, 1.807) is 7.11 Å². The highest BCUT2D eigenvalue weighted by molar-refractivity contribution is 5.39. The van der Waals surface area contributed by atoms with Gasteiger partial charge in [0.1, 0.15) is 5.75 Å². The summed E-state index contributed by atoms with van der Waals surface area (Å²) in [5, 5.41) is 12.3. The SMILES string of the molecule is COc1ccc([C@H]2CN2)cc1CO. The van der Waals surface area contributed by atoms with Crippen LogP contribution < -0.4 is 10.1 Å². The number of aliphatic hydroxyl groups is 1. The minimum absolute atomic E-state index is 0.0315. The van der Waals surface area contributed by atoms with E-state index in [4.69, 9.17) is 9.84 Å². The fourth-order valence-electron chi connectivity index (χ4n) is 1.43. The molecule has 1 atom stereocenters. The van der Waals surface area contributed by atoms with Crippen LogP contribution in [0, 0.1) is 0 Å². The Balaban J connectivity index is 2.31. The summed E-state index contributed by atoms with van der Waals surface area (Å²) in [5.74, 6) is 0.756. The van der Waals surface area contributed by atoms with E-state index in [2.05, 4.69) is 5.32 Å². The molecule has 0 bridgehead atoms. The van der Waals surface area contributed by atoms with Crippen molar-refractivity contribution in [3.05, 3.63) is 29.3 Å². The smallest absolute Gasteiger partial charge is 0.124 e. The van der Waals surface area contributed by atoms with Gasteiger partial charge >= 0.3 is 0 Å². The van der Waals surface area contributed by atoms with E-state index < -0.39 is 0 Å². The first-order valence-electron chi connectivity index (χ1n) is 4.36. The van der Waals surface area contributed by atoms with Gasteiger partial charge in [-0.25, -0.2) is 0 Å². The van der Waals surface area contributed by atoms with Crippen LogP contribution in [0.25, 0.3) is 0 Å². The Morgan fingerprint density at radius 3 is 2.92 bits per heavy atom. The molecule has 1 aliphatic rings. The van der Waals surface area contributed by atoms with Gasteiger partial charge in [-0.3, -0.25) is 0 Å². The van der Waals surface area contributed by atoms with Crippen LogP contribution in [-0.4, -0.2) is 18.8 Å². The molecule has 1 fully saturated rings. The highest BCUT2D eigenvalue weighted by Gasteiger charge is 2.22. The Morgan fingerprint density at radius 2 is 2.38 bits per heavy atom. The Morgan fingerprint density at radius 1 is 1.62 bits per heavy atom. The average Bonchev–Trinajstić information content (AvgIpc) is 3.00. The van der Waals surface area contributed by atoms with Crippen molar-refractivity contribution in [3.63, 3.8) is 0 Å². The van der Waals surface area contributed by atoms with Gasteiger partial charge in [-0.05, 0) is 17.7 Å². The van der Waals surface area contributed by atoms with Gasteiger partial charge in [-0.15, -0.1) is 0 Å². The first-order valence-corrected chi connectivity index (χ1v) is 4.36. The van der Waals surface area contributed by atoms with Crippen LogP contribution in [-0.2, 0) is 6.61 Å². The molecule has 1 aromatic carbocycles. The molecule has 1 saturated heterocycles. The molecule has 13 heavy (non-hydrogen) atoms. The number of hydrogen-bond donors (Lipinski definition) is 2. The Labute approximate surface area is 77.3 Å². The van der Waals surface area contributed by atoms with Crippen molar-refractivity contribution in [1.82, 2.24) is 5.32 Å². The molecule has 3 heteroatoms. The van der Waals surface area contributed by atoms with Crippen LogP contribution in [0.4, 0.5) is 0 Å². The number of aliphatic hydroxyl groups excluding tert-OH is 1. The van der Waals surface area contributed by atoms with Crippen molar-refractivity contribution in [2.45, 2.75) is 12.6 Å². The fraction of sp³-hybridized carbons (Fsp3) is 0.400. The van der Waals surface area contributed by atoms with Gasteiger partial charge in [0, 0.05) is 18.2 Å². The highest BCUT2D eigenvalue weighted by Crippen LogP contribution is 2.27. The molecule has 0 radical (unpaired) electrons. The normalized spacial score (nSPS) is 20.0. The van der Waals surface area contributed by atoms with Crippen molar-refractivity contribution in [1.29, 1.82) is 0 Å².